The second-order valence-electron chi connectivity index (χ2n) is 2.90. The molecule has 0 unspecified atom stereocenters. The molecule has 0 bridgehead atoms. The second kappa shape index (κ2) is 3.46. The summed E-state index contributed by atoms with van der Waals surface area (Å²) in [6, 6.07) is 7.38. The van der Waals surface area contributed by atoms with Gasteiger partial charge in [0, 0.05) is 4.70 Å². The van der Waals surface area contributed by atoms with Gasteiger partial charge in [0.2, 0.25) is 0 Å². The lowest BCUT2D eigenvalue weighted by molar-refractivity contribution is 0.0606. The highest BCUT2D eigenvalue weighted by Crippen LogP contribution is 2.24. The maximum absolute atomic E-state index is 11.2. The molecular formula is C10H7BO2S. The van der Waals surface area contributed by atoms with Crippen LogP contribution in [0, 0.1) is 0 Å². The average molecular weight is 202 g/mol. The average Bonchev–Trinajstić information content (AvgIpc) is 2.59. The van der Waals surface area contributed by atoms with Crippen LogP contribution in [-0.4, -0.2) is 20.9 Å². The van der Waals surface area contributed by atoms with Gasteiger partial charge >= 0.3 is 5.97 Å². The third-order valence-electron chi connectivity index (χ3n) is 1.93. The lowest BCUT2D eigenvalue weighted by Gasteiger charge is -1.90. The maximum Gasteiger partial charge on any atom is 0.348 e. The van der Waals surface area contributed by atoms with E-state index >= 15 is 0 Å². The molecule has 1 heterocycles. The molecule has 4 heteroatoms. The SMILES string of the molecule is [B]c1ccc2cc(C(=O)OC)sc2c1. The molecule has 2 radical (unpaired) electrons. The van der Waals surface area contributed by atoms with E-state index in [2.05, 4.69) is 4.74 Å². The first-order valence-corrected chi connectivity index (χ1v) is 4.90. The van der Waals surface area contributed by atoms with Crippen molar-refractivity contribution in [1.82, 2.24) is 0 Å². The molecule has 2 rings (SSSR count). The van der Waals surface area contributed by atoms with E-state index in [-0.39, 0.29) is 5.97 Å². The zero-order valence-electron chi connectivity index (χ0n) is 7.61. The summed E-state index contributed by atoms with van der Waals surface area (Å²) in [5.74, 6) is -0.301. The molecule has 0 aliphatic rings. The van der Waals surface area contributed by atoms with Crippen molar-refractivity contribution >= 4 is 40.7 Å². The first-order valence-electron chi connectivity index (χ1n) is 4.08. The third-order valence-corrected chi connectivity index (χ3v) is 3.01. The number of hydrogen-bond acceptors (Lipinski definition) is 3. The predicted molar refractivity (Wildman–Crippen MR) is 58.6 cm³/mol. The van der Waals surface area contributed by atoms with Gasteiger partial charge in [0.05, 0.1) is 7.11 Å². The van der Waals surface area contributed by atoms with Gasteiger partial charge in [-0.15, -0.1) is 11.3 Å². The third kappa shape index (κ3) is 1.53. The van der Waals surface area contributed by atoms with Crippen LogP contribution < -0.4 is 5.46 Å². The molecule has 2 nitrogen and oxygen atoms in total. The number of benzene rings is 1. The molecule has 0 spiro atoms. The first-order chi connectivity index (χ1) is 6.70. The number of ether oxygens (including phenoxy) is 1. The molecule has 0 fully saturated rings. The van der Waals surface area contributed by atoms with Crippen LogP contribution in [0.1, 0.15) is 9.67 Å². The Balaban J connectivity index is 2.56. The van der Waals surface area contributed by atoms with Gasteiger partial charge in [-0.1, -0.05) is 23.7 Å². The van der Waals surface area contributed by atoms with Crippen LogP contribution in [0.25, 0.3) is 10.1 Å². The Morgan fingerprint density at radius 1 is 1.43 bits per heavy atom. The summed E-state index contributed by atoms with van der Waals surface area (Å²) in [5, 5.41) is 1.02. The molecule has 1 aromatic heterocycles. The fourth-order valence-corrected chi connectivity index (χ4v) is 2.28. The summed E-state index contributed by atoms with van der Waals surface area (Å²) < 4.78 is 5.64. The quantitative estimate of drug-likeness (QED) is 0.517. The van der Waals surface area contributed by atoms with Crippen molar-refractivity contribution < 1.29 is 9.53 Å². The van der Waals surface area contributed by atoms with Crippen molar-refractivity contribution in [2.24, 2.45) is 0 Å². The summed E-state index contributed by atoms with van der Waals surface area (Å²) in [5.41, 5.74) is 0.704. The number of fused-ring (bicyclic) bond motifs is 1. The van der Waals surface area contributed by atoms with E-state index in [1.807, 2.05) is 24.3 Å². The number of thiophene rings is 1. The molecule has 0 saturated carbocycles. The van der Waals surface area contributed by atoms with Crippen LogP contribution in [0.15, 0.2) is 24.3 Å². The zero-order valence-corrected chi connectivity index (χ0v) is 8.43. The molecule has 0 aliphatic heterocycles. The van der Waals surface area contributed by atoms with Crippen LogP contribution in [0.4, 0.5) is 0 Å². The number of rotatable bonds is 1. The topological polar surface area (TPSA) is 26.3 Å². The van der Waals surface area contributed by atoms with E-state index < -0.39 is 0 Å². The standard InChI is InChI=1S/C10H7BO2S/c1-13-10(12)9-4-6-2-3-7(11)5-8(6)14-9/h2-5H,1H3. The number of carbonyl (C=O) groups excluding carboxylic acids is 1. The van der Waals surface area contributed by atoms with Crippen LogP contribution in [-0.2, 0) is 4.74 Å². The molecule has 0 saturated heterocycles. The molecule has 0 aliphatic carbocycles. The fraction of sp³-hybridized carbons (Fsp3) is 0.100. The van der Waals surface area contributed by atoms with Gasteiger partial charge in [0.25, 0.3) is 0 Å². The van der Waals surface area contributed by atoms with E-state index in [0.717, 1.165) is 10.1 Å². The molecule has 2 aromatic rings. The van der Waals surface area contributed by atoms with Crippen molar-refractivity contribution in [2.75, 3.05) is 7.11 Å². The largest absolute Gasteiger partial charge is 0.465 e. The predicted octanol–water partition coefficient (Wildman–Crippen LogP) is 1.48. The Bertz CT molecular complexity index is 490. The van der Waals surface area contributed by atoms with Gasteiger partial charge in [0.15, 0.2) is 0 Å². The van der Waals surface area contributed by atoms with Crippen molar-refractivity contribution in [1.29, 1.82) is 0 Å². The molecule has 68 valence electrons. The molecule has 0 amide bonds. The number of esters is 1. The van der Waals surface area contributed by atoms with Gasteiger partial charge in [-0.25, -0.2) is 4.79 Å². The van der Waals surface area contributed by atoms with Crippen LogP contribution >= 0.6 is 11.3 Å². The van der Waals surface area contributed by atoms with E-state index in [1.54, 1.807) is 0 Å². The Labute approximate surface area is 86.9 Å². The van der Waals surface area contributed by atoms with Crippen molar-refractivity contribution in [2.45, 2.75) is 0 Å². The van der Waals surface area contributed by atoms with E-state index in [1.165, 1.54) is 18.4 Å². The fourth-order valence-electron chi connectivity index (χ4n) is 1.25. The molecule has 14 heavy (non-hydrogen) atoms. The summed E-state index contributed by atoms with van der Waals surface area (Å²) in [7, 11) is 7.01. The number of hydrogen-bond donors (Lipinski definition) is 0. The Hall–Kier alpha value is -1.29. The lowest BCUT2D eigenvalue weighted by atomic mass is 9.96. The molecule has 1 aromatic carbocycles. The van der Waals surface area contributed by atoms with Crippen LogP contribution in [0.5, 0.6) is 0 Å². The molecular weight excluding hydrogens is 195 g/mol. The maximum atomic E-state index is 11.2. The lowest BCUT2D eigenvalue weighted by Crippen LogP contribution is -1.98. The van der Waals surface area contributed by atoms with Gasteiger partial charge < -0.3 is 4.74 Å². The summed E-state index contributed by atoms with van der Waals surface area (Å²) in [4.78, 5) is 11.8. The minimum absolute atomic E-state index is 0.301. The Morgan fingerprint density at radius 3 is 2.93 bits per heavy atom. The van der Waals surface area contributed by atoms with Crippen LogP contribution in [0.3, 0.4) is 0 Å². The number of carbonyl (C=O) groups is 1. The zero-order chi connectivity index (χ0) is 10.1. The Kier molecular flexibility index (Phi) is 2.29. The summed E-state index contributed by atoms with van der Waals surface area (Å²) in [6.07, 6.45) is 0. The van der Waals surface area contributed by atoms with E-state index in [0.29, 0.717) is 10.3 Å². The highest BCUT2D eigenvalue weighted by molar-refractivity contribution is 7.20. The van der Waals surface area contributed by atoms with Crippen molar-refractivity contribution in [3.63, 3.8) is 0 Å². The normalized spacial score (nSPS) is 10.4. The van der Waals surface area contributed by atoms with Crippen LogP contribution in [0.2, 0.25) is 0 Å². The highest BCUT2D eigenvalue weighted by atomic mass is 32.1. The van der Waals surface area contributed by atoms with Gasteiger partial charge in [-0.05, 0) is 11.5 Å². The number of methoxy groups -OCH3 is 1. The molecule has 0 atom stereocenters. The van der Waals surface area contributed by atoms with Gasteiger partial charge in [-0.3, -0.25) is 0 Å². The second-order valence-corrected chi connectivity index (χ2v) is 3.98. The molecule has 0 N–H and O–H groups in total. The summed E-state index contributed by atoms with van der Waals surface area (Å²) in [6.45, 7) is 0. The Morgan fingerprint density at radius 2 is 2.21 bits per heavy atom. The summed E-state index contributed by atoms with van der Waals surface area (Å²) >= 11 is 1.39. The van der Waals surface area contributed by atoms with Gasteiger partial charge in [-0.2, -0.15) is 0 Å². The van der Waals surface area contributed by atoms with E-state index in [4.69, 9.17) is 7.85 Å². The van der Waals surface area contributed by atoms with E-state index in [9.17, 15) is 4.79 Å². The van der Waals surface area contributed by atoms with Gasteiger partial charge in [0.1, 0.15) is 12.7 Å². The minimum Gasteiger partial charge on any atom is -0.465 e. The monoisotopic (exact) mass is 202 g/mol. The smallest absolute Gasteiger partial charge is 0.348 e. The van der Waals surface area contributed by atoms with Crippen molar-refractivity contribution in [3.8, 4) is 0 Å². The first kappa shape index (κ1) is 9.28. The van der Waals surface area contributed by atoms with Crippen molar-refractivity contribution in [3.05, 3.63) is 29.1 Å². The minimum atomic E-state index is -0.301. The highest BCUT2D eigenvalue weighted by Gasteiger charge is 2.09.